The van der Waals surface area contributed by atoms with Crippen LogP contribution in [0.1, 0.15) is 30.4 Å². The van der Waals surface area contributed by atoms with E-state index in [0.717, 1.165) is 11.1 Å². The number of carboxylic acid groups (broad SMARTS) is 3. The van der Waals surface area contributed by atoms with E-state index in [1.807, 2.05) is 24.3 Å². The van der Waals surface area contributed by atoms with Crippen molar-refractivity contribution in [2.45, 2.75) is 43.2 Å². The molecule has 1 saturated carbocycles. The van der Waals surface area contributed by atoms with Crippen molar-refractivity contribution in [1.82, 2.24) is 0 Å². The maximum Gasteiger partial charge on any atom is 0.324 e. The Labute approximate surface area is 144 Å². The molecule has 0 radical (unpaired) electrons. The Bertz CT molecular complexity index is 679. The van der Waals surface area contributed by atoms with Crippen molar-refractivity contribution in [1.29, 1.82) is 0 Å². The number of hydrogen-bond donors (Lipinski definition) is 5. The molecule has 136 valence electrons. The van der Waals surface area contributed by atoms with E-state index in [0.29, 0.717) is 25.7 Å². The van der Waals surface area contributed by atoms with E-state index >= 15 is 0 Å². The second-order valence-electron chi connectivity index (χ2n) is 6.71. The van der Waals surface area contributed by atoms with Gasteiger partial charge in [-0.2, -0.15) is 0 Å². The number of aliphatic carboxylic acids is 3. The summed E-state index contributed by atoms with van der Waals surface area (Å²) in [4.78, 5) is 32.1. The quantitative estimate of drug-likeness (QED) is 0.516. The smallest absolute Gasteiger partial charge is 0.324 e. The molecule has 2 unspecified atom stereocenters. The lowest BCUT2D eigenvalue weighted by atomic mass is 9.88. The molecule has 2 aliphatic carbocycles. The second-order valence-corrected chi connectivity index (χ2v) is 6.71. The van der Waals surface area contributed by atoms with Crippen LogP contribution in [0, 0.1) is 5.92 Å². The first-order chi connectivity index (χ1) is 11.6. The van der Waals surface area contributed by atoms with Gasteiger partial charge >= 0.3 is 17.9 Å². The van der Waals surface area contributed by atoms with Crippen LogP contribution in [0.3, 0.4) is 0 Å². The van der Waals surface area contributed by atoms with Crippen LogP contribution >= 0.6 is 0 Å². The monoisotopic (exact) mass is 350 g/mol. The van der Waals surface area contributed by atoms with Crippen LogP contribution in [0.15, 0.2) is 24.3 Å². The number of carbonyl (C=O) groups is 3. The largest absolute Gasteiger partial charge is 0.481 e. The Hall–Kier alpha value is -2.45. The van der Waals surface area contributed by atoms with Crippen LogP contribution in [-0.2, 0) is 27.2 Å². The molecular formula is C17H22N2O6. The first-order valence-corrected chi connectivity index (χ1v) is 7.94. The fraction of sp³-hybridized carbons (Fsp3) is 0.471. The summed E-state index contributed by atoms with van der Waals surface area (Å²) < 4.78 is 0. The third-order valence-corrected chi connectivity index (χ3v) is 4.96. The highest BCUT2D eigenvalue weighted by Crippen LogP contribution is 2.34. The Balaban J connectivity index is 0.000000181. The number of carboxylic acids is 3. The second kappa shape index (κ2) is 6.81. The van der Waals surface area contributed by atoms with Crippen LogP contribution in [0.4, 0.5) is 0 Å². The van der Waals surface area contributed by atoms with Gasteiger partial charge in [0.1, 0.15) is 11.1 Å². The molecule has 7 N–H and O–H groups in total. The maximum atomic E-state index is 10.9. The highest BCUT2D eigenvalue weighted by molar-refractivity contribution is 5.87. The molecular weight excluding hydrogens is 328 g/mol. The van der Waals surface area contributed by atoms with Crippen molar-refractivity contribution in [3.63, 3.8) is 0 Å². The van der Waals surface area contributed by atoms with E-state index in [2.05, 4.69) is 0 Å². The predicted octanol–water partition coefficient (Wildman–Crippen LogP) is 0.221. The zero-order valence-corrected chi connectivity index (χ0v) is 13.6. The van der Waals surface area contributed by atoms with E-state index < -0.39 is 34.9 Å². The van der Waals surface area contributed by atoms with Gasteiger partial charge in [0.2, 0.25) is 0 Å². The minimum Gasteiger partial charge on any atom is -0.481 e. The summed E-state index contributed by atoms with van der Waals surface area (Å²) in [5.74, 6) is -4.18. The summed E-state index contributed by atoms with van der Waals surface area (Å²) in [5, 5.41) is 26.3. The zero-order valence-electron chi connectivity index (χ0n) is 13.6. The van der Waals surface area contributed by atoms with Crippen LogP contribution < -0.4 is 11.5 Å². The summed E-state index contributed by atoms with van der Waals surface area (Å²) in [6.07, 6.45) is 2.06. The van der Waals surface area contributed by atoms with E-state index in [-0.39, 0.29) is 6.42 Å². The fourth-order valence-corrected chi connectivity index (χ4v) is 3.43. The van der Waals surface area contributed by atoms with Crippen molar-refractivity contribution in [2.24, 2.45) is 17.4 Å². The van der Waals surface area contributed by atoms with Gasteiger partial charge in [-0.3, -0.25) is 14.4 Å². The maximum absolute atomic E-state index is 10.9. The highest BCUT2D eigenvalue weighted by Gasteiger charge is 2.49. The van der Waals surface area contributed by atoms with Crippen molar-refractivity contribution in [3.8, 4) is 0 Å². The molecule has 8 nitrogen and oxygen atoms in total. The lowest BCUT2D eigenvalue weighted by Crippen LogP contribution is -2.53. The molecule has 1 aromatic rings. The first kappa shape index (κ1) is 18.9. The number of rotatable bonds is 3. The Kier molecular flexibility index (Phi) is 5.15. The van der Waals surface area contributed by atoms with Crippen LogP contribution in [0.5, 0.6) is 0 Å². The molecule has 0 amide bonds. The Morgan fingerprint density at radius 1 is 0.960 bits per heavy atom. The van der Waals surface area contributed by atoms with Crippen LogP contribution in [-0.4, -0.2) is 44.3 Å². The molecule has 0 saturated heterocycles. The summed E-state index contributed by atoms with van der Waals surface area (Å²) in [7, 11) is 0. The standard InChI is InChI=1S/C10H11NO2.C7H11NO4/c11-10(9(12)13)5-7-3-1-2-4-8(7)6-10;8-7(6(11)12)3-1-2-4(7)5(9)10/h1-4H,5-6,11H2,(H,12,13);4H,1-3,8H2,(H,9,10)(H,11,12). The fourth-order valence-electron chi connectivity index (χ4n) is 3.43. The number of hydrogen-bond acceptors (Lipinski definition) is 5. The lowest BCUT2D eigenvalue weighted by molar-refractivity contribution is -0.153. The average Bonchev–Trinajstić information content (AvgIpc) is 3.09. The van der Waals surface area contributed by atoms with E-state index in [1.165, 1.54) is 0 Å². The molecule has 0 heterocycles. The number of fused-ring (bicyclic) bond motifs is 1. The van der Waals surface area contributed by atoms with Gasteiger partial charge in [-0.25, -0.2) is 0 Å². The predicted molar refractivity (Wildman–Crippen MR) is 87.9 cm³/mol. The summed E-state index contributed by atoms with van der Waals surface area (Å²) in [6, 6.07) is 7.69. The van der Waals surface area contributed by atoms with Gasteiger partial charge in [0.05, 0.1) is 5.92 Å². The van der Waals surface area contributed by atoms with Crippen LogP contribution in [0.2, 0.25) is 0 Å². The molecule has 3 rings (SSSR count). The third-order valence-electron chi connectivity index (χ3n) is 4.96. The van der Waals surface area contributed by atoms with E-state index in [1.54, 1.807) is 0 Å². The molecule has 8 heteroatoms. The molecule has 25 heavy (non-hydrogen) atoms. The zero-order chi connectivity index (χ0) is 18.8. The molecule has 0 spiro atoms. The van der Waals surface area contributed by atoms with Crippen molar-refractivity contribution in [3.05, 3.63) is 35.4 Å². The molecule has 1 fully saturated rings. The lowest BCUT2D eigenvalue weighted by Gasteiger charge is -2.22. The summed E-state index contributed by atoms with van der Waals surface area (Å²) in [5.41, 5.74) is 10.7. The van der Waals surface area contributed by atoms with Gasteiger partial charge in [-0.15, -0.1) is 0 Å². The van der Waals surface area contributed by atoms with Crippen LogP contribution in [0.25, 0.3) is 0 Å². The third kappa shape index (κ3) is 3.64. The molecule has 0 bridgehead atoms. The first-order valence-electron chi connectivity index (χ1n) is 7.94. The molecule has 2 aliphatic rings. The van der Waals surface area contributed by atoms with Gasteiger partial charge < -0.3 is 26.8 Å². The number of benzene rings is 1. The molecule has 0 aromatic heterocycles. The van der Waals surface area contributed by atoms with Crippen molar-refractivity contribution < 1.29 is 29.7 Å². The Morgan fingerprint density at radius 2 is 1.48 bits per heavy atom. The molecule has 0 aliphatic heterocycles. The topological polar surface area (TPSA) is 164 Å². The molecule has 1 aromatic carbocycles. The number of nitrogens with two attached hydrogens (primary N) is 2. The Morgan fingerprint density at radius 3 is 1.84 bits per heavy atom. The normalized spacial score (nSPS) is 26.2. The summed E-state index contributed by atoms with van der Waals surface area (Å²) >= 11 is 0. The van der Waals surface area contributed by atoms with Gasteiger partial charge in [-0.05, 0) is 24.0 Å². The van der Waals surface area contributed by atoms with Gasteiger partial charge in [0, 0.05) is 12.8 Å². The van der Waals surface area contributed by atoms with Crippen molar-refractivity contribution >= 4 is 17.9 Å². The van der Waals surface area contributed by atoms with Gasteiger partial charge in [0.15, 0.2) is 0 Å². The van der Waals surface area contributed by atoms with E-state index in [4.69, 9.17) is 26.8 Å². The summed E-state index contributed by atoms with van der Waals surface area (Å²) in [6.45, 7) is 0. The SMILES string of the molecule is NC1(C(=O)O)CCCC1C(=O)O.NC1(C(=O)O)Cc2ccccc2C1. The highest BCUT2D eigenvalue weighted by atomic mass is 16.4. The average molecular weight is 350 g/mol. The molecule has 2 atom stereocenters. The van der Waals surface area contributed by atoms with Crippen molar-refractivity contribution in [2.75, 3.05) is 0 Å². The minimum absolute atomic E-state index is 0.249. The van der Waals surface area contributed by atoms with Gasteiger partial charge in [-0.1, -0.05) is 30.7 Å². The minimum atomic E-state index is -1.55. The van der Waals surface area contributed by atoms with Gasteiger partial charge in [0.25, 0.3) is 0 Å². The van der Waals surface area contributed by atoms with E-state index in [9.17, 15) is 14.4 Å².